The van der Waals surface area contributed by atoms with E-state index in [2.05, 4.69) is 5.16 Å². The van der Waals surface area contributed by atoms with Crippen molar-refractivity contribution < 1.29 is 14.1 Å². The van der Waals surface area contributed by atoms with Crippen LogP contribution in [0.4, 0.5) is 0 Å². The summed E-state index contributed by atoms with van der Waals surface area (Å²) in [5, 5.41) is 3.95. The lowest BCUT2D eigenvalue weighted by molar-refractivity contribution is 0.0301. The summed E-state index contributed by atoms with van der Waals surface area (Å²) < 4.78 is 10.2. The third kappa shape index (κ3) is 2.49. The van der Waals surface area contributed by atoms with Gasteiger partial charge in [-0.2, -0.15) is 0 Å². The Labute approximate surface area is 101 Å². The maximum absolute atomic E-state index is 12.3. The van der Waals surface area contributed by atoms with Crippen molar-refractivity contribution in [2.24, 2.45) is 0 Å². The molecule has 94 valence electrons. The monoisotopic (exact) mass is 238 g/mol. The minimum Gasteiger partial charge on any atom is -0.378 e. The van der Waals surface area contributed by atoms with Gasteiger partial charge in [-0.1, -0.05) is 25.9 Å². The summed E-state index contributed by atoms with van der Waals surface area (Å²) in [5.74, 6) is -0.0144. The van der Waals surface area contributed by atoms with Crippen molar-refractivity contribution in [1.29, 1.82) is 0 Å². The molecular weight excluding hydrogens is 220 g/mol. The average molecular weight is 238 g/mol. The fraction of sp³-hybridized carbons (Fsp3) is 0.667. The number of carbonyl (C=O) groups is 1. The number of morpholine rings is 1. The highest BCUT2D eigenvalue weighted by Crippen LogP contribution is 2.25. The number of hydrogen-bond donors (Lipinski definition) is 0. The van der Waals surface area contributed by atoms with Gasteiger partial charge in [0.15, 0.2) is 0 Å². The topological polar surface area (TPSA) is 55.6 Å². The predicted octanol–water partition coefficient (Wildman–Crippen LogP) is 1.44. The maximum atomic E-state index is 12.3. The summed E-state index contributed by atoms with van der Waals surface area (Å²) >= 11 is 0. The number of nitrogens with zero attached hydrogens (tertiary/aromatic N) is 2. The van der Waals surface area contributed by atoms with Gasteiger partial charge in [-0.15, -0.1) is 0 Å². The third-order valence-electron chi connectivity index (χ3n) is 2.81. The van der Waals surface area contributed by atoms with Crippen LogP contribution in [-0.4, -0.2) is 42.3 Å². The minimum atomic E-state index is -0.190. The Kier molecular flexibility index (Phi) is 3.19. The van der Waals surface area contributed by atoms with Gasteiger partial charge in [0, 0.05) is 18.5 Å². The Morgan fingerprint density at radius 1 is 1.35 bits per heavy atom. The molecule has 0 aliphatic carbocycles. The minimum absolute atomic E-state index is 0.0144. The molecule has 0 spiro atoms. The van der Waals surface area contributed by atoms with E-state index in [1.165, 1.54) is 6.26 Å². The van der Waals surface area contributed by atoms with E-state index in [0.717, 1.165) is 0 Å². The summed E-state index contributed by atoms with van der Waals surface area (Å²) in [6, 6.07) is 0. The number of amides is 1. The highest BCUT2D eigenvalue weighted by Gasteiger charge is 2.29. The zero-order chi connectivity index (χ0) is 12.5. The standard InChI is InChI=1S/C12H18N2O3/c1-12(2,3)10-9(8-17-13-10)11(15)14-4-6-16-7-5-14/h8H,4-7H2,1-3H3. The second-order valence-electron chi connectivity index (χ2n) is 5.23. The van der Waals surface area contributed by atoms with Crippen LogP contribution in [0, 0.1) is 0 Å². The second kappa shape index (κ2) is 4.49. The van der Waals surface area contributed by atoms with Crippen molar-refractivity contribution in [1.82, 2.24) is 10.1 Å². The molecule has 0 atom stereocenters. The van der Waals surface area contributed by atoms with Gasteiger partial charge in [-0.05, 0) is 0 Å². The first-order valence-corrected chi connectivity index (χ1v) is 5.82. The molecule has 0 aromatic carbocycles. The van der Waals surface area contributed by atoms with Gasteiger partial charge >= 0.3 is 0 Å². The molecule has 0 N–H and O–H groups in total. The molecule has 1 aromatic rings. The maximum Gasteiger partial charge on any atom is 0.259 e. The lowest BCUT2D eigenvalue weighted by Gasteiger charge is -2.27. The molecule has 1 amide bonds. The van der Waals surface area contributed by atoms with Crippen LogP contribution in [0.3, 0.4) is 0 Å². The van der Waals surface area contributed by atoms with Crippen molar-refractivity contribution in [2.75, 3.05) is 26.3 Å². The van der Waals surface area contributed by atoms with Gasteiger partial charge in [0.25, 0.3) is 5.91 Å². The Balaban J connectivity index is 2.22. The van der Waals surface area contributed by atoms with Gasteiger partial charge < -0.3 is 14.2 Å². The van der Waals surface area contributed by atoms with Gasteiger partial charge in [0.05, 0.1) is 13.2 Å². The van der Waals surface area contributed by atoms with Crippen molar-refractivity contribution in [3.63, 3.8) is 0 Å². The van der Waals surface area contributed by atoms with Crippen molar-refractivity contribution >= 4 is 5.91 Å². The average Bonchev–Trinajstić information content (AvgIpc) is 2.78. The molecule has 5 nitrogen and oxygen atoms in total. The molecule has 2 heterocycles. The van der Waals surface area contributed by atoms with Crippen molar-refractivity contribution in [3.8, 4) is 0 Å². The molecule has 1 saturated heterocycles. The van der Waals surface area contributed by atoms with Crippen LogP contribution in [0.1, 0.15) is 36.8 Å². The van der Waals surface area contributed by atoms with Gasteiger partial charge in [0.1, 0.15) is 17.5 Å². The molecule has 2 rings (SSSR count). The molecule has 1 aromatic heterocycles. The summed E-state index contributed by atoms with van der Waals surface area (Å²) in [6.45, 7) is 8.51. The van der Waals surface area contributed by atoms with E-state index in [4.69, 9.17) is 9.26 Å². The Bertz CT molecular complexity index is 400. The van der Waals surface area contributed by atoms with Crippen LogP contribution in [0.5, 0.6) is 0 Å². The number of rotatable bonds is 1. The molecular formula is C12H18N2O3. The summed E-state index contributed by atoms with van der Waals surface area (Å²) in [7, 11) is 0. The van der Waals surface area contributed by atoms with Crippen LogP contribution in [-0.2, 0) is 10.2 Å². The van der Waals surface area contributed by atoms with Crippen molar-refractivity contribution in [3.05, 3.63) is 17.5 Å². The van der Waals surface area contributed by atoms with E-state index in [0.29, 0.717) is 37.6 Å². The fourth-order valence-corrected chi connectivity index (χ4v) is 1.87. The smallest absolute Gasteiger partial charge is 0.259 e. The largest absolute Gasteiger partial charge is 0.378 e. The van der Waals surface area contributed by atoms with Crippen LogP contribution in [0.25, 0.3) is 0 Å². The molecule has 1 aliphatic heterocycles. The predicted molar refractivity (Wildman–Crippen MR) is 61.9 cm³/mol. The van der Waals surface area contributed by atoms with Crippen molar-refractivity contribution in [2.45, 2.75) is 26.2 Å². The number of carbonyl (C=O) groups excluding carboxylic acids is 1. The molecule has 0 bridgehead atoms. The van der Waals surface area contributed by atoms with E-state index >= 15 is 0 Å². The van der Waals surface area contributed by atoms with E-state index in [1.54, 1.807) is 4.90 Å². The number of aromatic nitrogens is 1. The zero-order valence-corrected chi connectivity index (χ0v) is 10.5. The van der Waals surface area contributed by atoms with E-state index in [9.17, 15) is 4.79 Å². The van der Waals surface area contributed by atoms with Crippen LogP contribution in [0.2, 0.25) is 0 Å². The molecule has 17 heavy (non-hydrogen) atoms. The van der Waals surface area contributed by atoms with Gasteiger partial charge in [-0.25, -0.2) is 0 Å². The summed E-state index contributed by atoms with van der Waals surface area (Å²) in [4.78, 5) is 14.1. The van der Waals surface area contributed by atoms with Gasteiger partial charge in [0.2, 0.25) is 0 Å². The molecule has 1 fully saturated rings. The highest BCUT2D eigenvalue weighted by atomic mass is 16.5. The van der Waals surface area contributed by atoms with E-state index < -0.39 is 0 Å². The first-order valence-electron chi connectivity index (χ1n) is 5.82. The third-order valence-corrected chi connectivity index (χ3v) is 2.81. The molecule has 0 unspecified atom stereocenters. The Hall–Kier alpha value is -1.36. The van der Waals surface area contributed by atoms with E-state index in [-0.39, 0.29) is 11.3 Å². The molecule has 0 radical (unpaired) electrons. The van der Waals surface area contributed by atoms with Crippen LogP contribution >= 0.6 is 0 Å². The normalized spacial score (nSPS) is 17.2. The summed E-state index contributed by atoms with van der Waals surface area (Å²) in [5.41, 5.74) is 1.10. The first kappa shape index (κ1) is 12.1. The number of hydrogen-bond acceptors (Lipinski definition) is 4. The summed E-state index contributed by atoms with van der Waals surface area (Å²) in [6.07, 6.45) is 1.44. The molecule has 0 saturated carbocycles. The van der Waals surface area contributed by atoms with Crippen LogP contribution < -0.4 is 0 Å². The molecule has 5 heteroatoms. The number of ether oxygens (including phenoxy) is 1. The SMILES string of the molecule is CC(C)(C)c1nocc1C(=O)N1CCOCC1. The lowest BCUT2D eigenvalue weighted by Crippen LogP contribution is -2.41. The molecule has 1 aliphatic rings. The lowest BCUT2D eigenvalue weighted by atomic mass is 9.89. The van der Waals surface area contributed by atoms with E-state index in [1.807, 2.05) is 20.8 Å². The first-order chi connectivity index (χ1) is 8.00. The Morgan fingerprint density at radius 2 is 2.00 bits per heavy atom. The van der Waals surface area contributed by atoms with Crippen LogP contribution in [0.15, 0.2) is 10.8 Å². The quantitative estimate of drug-likeness (QED) is 0.743. The highest BCUT2D eigenvalue weighted by molar-refractivity contribution is 5.95. The fourth-order valence-electron chi connectivity index (χ4n) is 1.87. The van der Waals surface area contributed by atoms with Gasteiger partial charge in [-0.3, -0.25) is 4.79 Å². The Morgan fingerprint density at radius 3 is 2.59 bits per heavy atom. The second-order valence-corrected chi connectivity index (χ2v) is 5.23. The zero-order valence-electron chi connectivity index (χ0n) is 10.5.